The van der Waals surface area contributed by atoms with E-state index < -0.39 is 0 Å². The van der Waals surface area contributed by atoms with E-state index in [1.165, 1.54) is 7.11 Å². The summed E-state index contributed by atoms with van der Waals surface area (Å²) in [5, 5.41) is 1.93. The molecule has 1 heterocycles. The molecule has 0 saturated carbocycles. The minimum absolute atomic E-state index is 0.245. The molecular weight excluding hydrogens is 228 g/mol. The molecule has 2 aromatic rings. The van der Waals surface area contributed by atoms with Gasteiger partial charge in [-0.25, -0.2) is 4.98 Å². The number of nitrogens with zero attached hydrogens (tertiary/aromatic N) is 1. The first-order valence-electron chi connectivity index (χ1n) is 5.59. The summed E-state index contributed by atoms with van der Waals surface area (Å²) in [6.45, 7) is 0. The number of anilines is 1. The second-order valence-corrected chi connectivity index (χ2v) is 3.83. The van der Waals surface area contributed by atoms with Crippen LogP contribution in [0, 0.1) is 0 Å². The highest BCUT2D eigenvalue weighted by atomic mass is 16.5. The highest BCUT2D eigenvalue weighted by Crippen LogP contribution is 2.23. The zero-order valence-electron chi connectivity index (χ0n) is 10.1. The molecule has 4 heteroatoms. The average Bonchev–Trinajstić information content (AvgIpc) is 2.41. The van der Waals surface area contributed by atoms with Crippen LogP contribution in [-0.4, -0.2) is 18.1 Å². The Labute approximate surface area is 105 Å². The Hall–Kier alpha value is -2.36. The van der Waals surface area contributed by atoms with E-state index in [-0.39, 0.29) is 12.4 Å². The minimum atomic E-state index is -0.265. The number of benzene rings is 1. The van der Waals surface area contributed by atoms with E-state index in [9.17, 15) is 4.79 Å². The smallest absolute Gasteiger partial charge is 0.309 e. The lowest BCUT2D eigenvalue weighted by molar-refractivity contribution is -0.139. The molecule has 92 valence electrons. The molecule has 1 aromatic carbocycles. The van der Waals surface area contributed by atoms with Crippen molar-refractivity contribution < 1.29 is 9.53 Å². The van der Waals surface area contributed by atoms with Crippen molar-refractivity contribution in [2.75, 3.05) is 12.8 Å². The highest BCUT2D eigenvalue weighted by Gasteiger charge is 2.02. The number of carbonyl (C=O) groups is 1. The normalized spacial score (nSPS) is 10.9. The number of esters is 1. The molecule has 1 aromatic heterocycles. The maximum absolute atomic E-state index is 11.0. The van der Waals surface area contributed by atoms with E-state index in [0.717, 1.165) is 16.3 Å². The van der Waals surface area contributed by atoms with E-state index in [0.29, 0.717) is 5.82 Å². The zero-order valence-corrected chi connectivity index (χ0v) is 10.1. The van der Waals surface area contributed by atoms with Gasteiger partial charge in [0.2, 0.25) is 0 Å². The predicted octanol–water partition coefficient (Wildman–Crippen LogP) is 2.39. The molecule has 0 fully saturated rings. The van der Waals surface area contributed by atoms with Gasteiger partial charge in [0.05, 0.1) is 13.5 Å². The molecule has 0 spiro atoms. The van der Waals surface area contributed by atoms with Gasteiger partial charge in [-0.1, -0.05) is 36.4 Å². The molecule has 0 amide bonds. The lowest BCUT2D eigenvalue weighted by Crippen LogP contribution is -1.97. The first-order valence-corrected chi connectivity index (χ1v) is 5.59. The quantitative estimate of drug-likeness (QED) is 0.839. The number of hydrogen-bond acceptors (Lipinski definition) is 4. The second kappa shape index (κ2) is 5.31. The molecule has 0 unspecified atom stereocenters. The summed E-state index contributed by atoms with van der Waals surface area (Å²) in [6.07, 6.45) is 5.55. The van der Waals surface area contributed by atoms with Gasteiger partial charge < -0.3 is 10.5 Å². The van der Waals surface area contributed by atoms with E-state index in [2.05, 4.69) is 9.72 Å². The highest BCUT2D eigenvalue weighted by molar-refractivity contribution is 5.96. The largest absolute Gasteiger partial charge is 0.469 e. The number of methoxy groups -OCH3 is 1. The lowest BCUT2D eigenvalue weighted by atomic mass is 10.1. The van der Waals surface area contributed by atoms with Crippen LogP contribution in [0.25, 0.3) is 16.8 Å². The first kappa shape index (κ1) is 12.1. The minimum Gasteiger partial charge on any atom is -0.469 e. The van der Waals surface area contributed by atoms with E-state index in [1.54, 1.807) is 12.3 Å². The number of hydrogen-bond donors (Lipinski definition) is 1. The van der Waals surface area contributed by atoms with Gasteiger partial charge in [-0.05, 0) is 5.39 Å². The Morgan fingerprint density at radius 3 is 2.83 bits per heavy atom. The fourth-order valence-electron chi connectivity index (χ4n) is 1.73. The molecule has 0 atom stereocenters. The number of fused-ring (bicyclic) bond motifs is 1. The van der Waals surface area contributed by atoms with Crippen LogP contribution in [0.15, 0.2) is 36.5 Å². The third-order valence-corrected chi connectivity index (χ3v) is 2.67. The summed E-state index contributed by atoms with van der Waals surface area (Å²) in [6, 6.07) is 7.77. The van der Waals surface area contributed by atoms with Crippen LogP contribution in [0.5, 0.6) is 0 Å². The van der Waals surface area contributed by atoms with Crippen LogP contribution in [0.1, 0.15) is 12.0 Å². The van der Waals surface area contributed by atoms with Crippen molar-refractivity contribution in [3.8, 4) is 0 Å². The van der Waals surface area contributed by atoms with E-state index >= 15 is 0 Å². The number of nitrogens with two attached hydrogens (primary N) is 1. The summed E-state index contributed by atoms with van der Waals surface area (Å²) in [7, 11) is 1.37. The van der Waals surface area contributed by atoms with Crippen molar-refractivity contribution in [2.24, 2.45) is 0 Å². The molecule has 0 aliphatic carbocycles. The molecule has 0 radical (unpaired) electrons. The van der Waals surface area contributed by atoms with Gasteiger partial charge in [0.1, 0.15) is 5.82 Å². The number of pyridine rings is 1. The van der Waals surface area contributed by atoms with Crippen LogP contribution in [0.3, 0.4) is 0 Å². The Morgan fingerprint density at radius 1 is 1.39 bits per heavy atom. The van der Waals surface area contributed by atoms with Gasteiger partial charge in [0.25, 0.3) is 0 Å². The number of rotatable bonds is 3. The standard InChI is InChI=1S/C14H14N2O2/c1-18-13(17)8-4-5-10-9-16-14(15)12-7-3-2-6-11(10)12/h2-7,9H,8H2,1H3,(H2,15,16). The molecule has 2 N–H and O–H groups in total. The third-order valence-electron chi connectivity index (χ3n) is 2.67. The summed E-state index contributed by atoms with van der Waals surface area (Å²) in [5.74, 6) is 0.245. The molecule has 2 rings (SSSR count). The van der Waals surface area contributed by atoms with Gasteiger partial charge in [0, 0.05) is 17.1 Å². The second-order valence-electron chi connectivity index (χ2n) is 3.83. The first-order chi connectivity index (χ1) is 8.72. The van der Waals surface area contributed by atoms with Crippen molar-refractivity contribution in [3.63, 3.8) is 0 Å². The van der Waals surface area contributed by atoms with E-state index in [4.69, 9.17) is 5.73 Å². The molecule has 18 heavy (non-hydrogen) atoms. The molecule has 0 saturated heterocycles. The van der Waals surface area contributed by atoms with Gasteiger partial charge in [-0.2, -0.15) is 0 Å². The zero-order chi connectivity index (χ0) is 13.0. The van der Waals surface area contributed by atoms with Crippen molar-refractivity contribution >= 4 is 28.6 Å². The van der Waals surface area contributed by atoms with Gasteiger partial charge in [-0.3, -0.25) is 4.79 Å². The van der Waals surface area contributed by atoms with Crippen LogP contribution in [0.4, 0.5) is 5.82 Å². The Morgan fingerprint density at radius 2 is 2.11 bits per heavy atom. The molecule has 4 nitrogen and oxygen atoms in total. The van der Waals surface area contributed by atoms with Crippen LogP contribution in [-0.2, 0) is 9.53 Å². The van der Waals surface area contributed by atoms with Crippen LogP contribution in [0.2, 0.25) is 0 Å². The van der Waals surface area contributed by atoms with Crippen molar-refractivity contribution in [1.29, 1.82) is 0 Å². The SMILES string of the molecule is COC(=O)CC=Cc1cnc(N)c2ccccc12. The lowest BCUT2D eigenvalue weighted by Gasteiger charge is -2.04. The topological polar surface area (TPSA) is 65.2 Å². The number of aromatic nitrogens is 1. The number of nitrogen functional groups attached to an aromatic ring is 1. The number of ether oxygens (including phenoxy) is 1. The fourth-order valence-corrected chi connectivity index (χ4v) is 1.73. The summed E-state index contributed by atoms with van der Waals surface area (Å²) in [4.78, 5) is 15.1. The fraction of sp³-hybridized carbons (Fsp3) is 0.143. The van der Waals surface area contributed by atoms with Gasteiger partial charge >= 0.3 is 5.97 Å². The number of carbonyl (C=O) groups excluding carboxylic acids is 1. The molecule has 0 bridgehead atoms. The molecular formula is C14H14N2O2. The van der Waals surface area contributed by atoms with Crippen LogP contribution >= 0.6 is 0 Å². The van der Waals surface area contributed by atoms with Gasteiger partial charge in [-0.15, -0.1) is 0 Å². The maximum Gasteiger partial charge on any atom is 0.309 e. The summed E-state index contributed by atoms with van der Waals surface area (Å²) in [5.41, 5.74) is 6.75. The van der Waals surface area contributed by atoms with Crippen molar-refractivity contribution in [2.45, 2.75) is 6.42 Å². The maximum atomic E-state index is 11.0. The molecule has 0 aliphatic rings. The summed E-state index contributed by atoms with van der Waals surface area (Å²) >= 11 is 0. The Bertz CT molecular complexity index is 606. The van der Waals surface area contributed by atoms with Crippen molar-refractivity contribution in [3.05, 3.63) is 42.1 Å². The van der Waals surface area contributed by atoms with Gasteiger partial charge in [0.15, 0.2) is 0 Å². The average molecular weight is 242 g/mol. The molecule has 0 aliphatic heterocycles. The van der Waals surface area contributed by atoms with Crippen LogP contribution < -0.4 is 5.73 Å². The summed E-state index contributed by atoms with van der Waals surface area (Å²) < 4.78 is 4.57. The third kappa shape index (κ3) is 2.48. The Kier molecular flexibility index (Phi) is 3.57. The van der Waals surface area contributed by atoms with Crippen molar-refractivity contribution in [1.82, 2.24) is 4.98 Å². The van der Waals surface area contributed by atoms with E-state index in [1.807, 2.05) is 30.3 Å². The predicted molar refractivity (Wildman–Crippen MR) is 71.8 cm³/mol. The monoisotopic (exact) mass is 242 g/mol. The Balaban J connectivity index is 2.34.